The molecule has 0 atom stereocenters. The van der Waals surface area contributed by atoms with Gasteiger partial charge in [-0.25, -0.2) is 0 Å². The van der Waals surface area contributed by atoms with Crippen molar-refractivity contribution in [2.75, 3.05) is 11.9 Å². The minimum absolute atomic E-state index is 0.812. The van der Waals surface area contributed by atoms with Gasteiger partial charge in [-0.2, -0.15) is 0 Å². The summed E-state index contributed by atoms with van der Waals surface area (Å²) in [4.78, 5) is 4.02. The standard InChI is InChI=1S/C20H26N2O/c1-2-4-17(5-3-1)12-15-23-20-8-6-18(7-9-20)16-22-19-10-13-21-14-11-19/h6-11,13-14,17H,1-5,12,15-16H2,(H,21,22). The zero-order valence-corrected chi connectivity index (χ0v) is 13.7. The van der Waals surface area contributed by atoms with Crippen molar-refractivity contribution < 1.29 is 4.74 Å². The van der Waals surface area contributed by atoms with E-state index in [1.165, 1.54) is 44.1 Å². The minimum Gasteiger partial charge on any atom is -0.494 e. The summed E-state index contributed by atoms with van der Waals surface area (Å²) in [5.74, 6) is 1.86. The van der Waals surface area contributed by atoms with Crippen molar-refractivity contribution in [2.45, 2.75) is 45.1 Å². The van der Waals surface area contributed by atoms with E-state index in [0.717, 1.165) is 30.5 Å². The predicted molar refractivity (Wildman–Crippen MR) is 94.7 cm³/mol. The third-order valence-electron chi connectivity index (χ3n) is 4.62. The van der Waals surface area contributed by atoms with Crippen molar-refractivity contribution in [3.63, 3.8) is 0 Å². The second-order valence-electron chi connectivity index (χ2n) is 6.37. The molecular formula is C20H26N2O. The van der Waals surface area contributed by atoms with Crippen molar-refractivity contribution >= 4 is 5.69 Å². The Morgan fingerprint density at radius 3 is 2.43 bits per heavy atom. The summed E-state index contributed by atoms with van der Waals surface area (Å²) in [6.45, 7) is 1.66. The molecule has 0 saturated heterocycles. The van der Waals surface area contributed by atoms with Crippen LogP contribution < -0.4 is 10.1 Å². The third-order valence-corrected chi connectivity index (χ3v) is 4.62. The van der Waals surface area contributed by atoms with Crippen LogP contribution in [0.5, 0.6) is 5.75 Å². The molecule has 1 fully saturated rings. The van der Waals surface area contributed by atoms with E-state index in [-0.39, 0.29) is 0 Å². The number of pyridine rings is 1. The van der Waals surface area contributed by atoms with Crippen LogP contribution in [0.2, 0.25) is 0 Å². The number of aromatic nitrogens is 1. The van der Waals surface area contributed by atoms with E-state index in [1.54, 1.807) is 12.4 Å². The van der Waals surface area contributed by atoms with Crippen LogP contribution in [-0.2, 0) is 6.54 Å². The summed E-state index contributed by atoms with van der Waals surface area (Å²) < 4.78 is 5.90. The molecule has 3 nitrogen and oxygen atoms in total. The average molecular weight is 310 g/mol. The van der Waals surface area contributed by atoms with Gasteiger partial charge in [0.2, 0.25) is 0 Å². The molecule has 0 unspecified atom stereocenters. The van der Waals surface area contributed by atoms with Crippen LogP contribution in [-0.4, -0.2) is 11.6 Å². The van der Waals surface area contributed by atoms with Crippen LogP contribution >= 0.6 is 0 Å². The van der Waals surface area contributed by atoms with Crippen LogP contribution in [0.15, 0.2) is 48.8 Å². The lowest BCUT2D eigenvalue weighted by atomic mass is 9.87. The molecule has 1 aromatic carbocycles. The van der Waals surface area contributed by atoms with Gasteiger partial charge < -0.3 is 10.1 Å². The lowest BCUT2D eigenvalue weighted by molar-refractivity contribution is 0.246. The van der Waals surface area contributed by atoms with Gasteiger partial charge in [0.15, 0.2) is 0 Å². The Kier molecular flexibility index (Phi) is 5.90. The van der Waals surface area contributed by atoms with Gasteiger partial charge in [0, 0.05) is 24.6 Å². The minimum atomic E-state index is 0.812. The maximum atomic E-state index is 5.90. The fourth-order valence-corrected chi connectivity index (χ4v) is 3.20. The summed E-state index contributed by atoms with van der Waals surface area (Å²) in [5.41, 5.74) is 2.34. The molecule has 3 heteroatoms. The number of rotatable bonds is 7. The van der Waals surface area contributed by atoms with Gasteiger partial charge in [-0.05, 0) is 42.2 Å². The molecule has 0 radical (unpaired) electrons. The van der Waals surface area contributed by atoms with Crippen LogP contribution in [0.25, 0.3) is 0 Å². The summed E-state index contributed by atoms with van der Waals surface area (Å²) >= 11 is 0. The highest BCUT2D eigenvalue weighted by molar-refractivity contribution is 5.41. The quantitative estimate of drug-likeness (QED) is 0.777. The summed E-state index contributed by atoms with van der Waals surface area (Å²) in [6, 6.07) is 12.4. The molecule has 0 bridgehead atoms. The lowest BCUT2D eigenvalue weighted by Gasteiger charge is -2.21. The smallest absolute Gasteiger partial charge is 0.119 e. The van der Waals surface area contributed by atoms with Crippen LogP contribution in [0.1, 0.15) is 44.1 Å². The molecule has 0 aliphatic heterocycles. The number of benzene rings is 1. The molecule has 1 aliphatic rings. The highest BCUT2D eigenvalue weighted by Crippen LogP contribution is 2.26. The van der Waals surface area contributed by atoms with E-state index < -0.39 is 0 Å². The topological polar surface area (TPSA) is 34.1 Å². The van der Waals surface area contributed by atoms with Gasteiger partial charge in [-0.1, -0.05) is 44.2 Å². The predicted octanol–water partition coefficient (Wildman–Crippen LogP) is 5.04. The first-order valence-electron chi connectivity index (χ1n) is 8.76. The third kappa shape index (κ3) is 5.27. The van der Waals surface area contributed by atoms with Crippen LogP contribution in [0.3, 0.4) is 0 Å². The van der Waals surface area contributed by atoms with Crippen molar-refractivity contribution in [1.29, 1.82) is 0 Å². The largest absolute Gasteiger partial charge is 0.494 e. The Bertz CT molecular complexity index is 562. The molecule has 1 aliphatic carbocycles. The van der Waals surface area contributed by atoms with Crippen molar-refractivity contribution in [2.24, 2.45) is 5.92 Å². The molecule has 0 amide bonds. The number of nitrogens with one attached hydrogen (secondary N) is 1. The summed E-state index contributed by atoms with van der Waals surface area (Å²) in [6.07, 6.45) is 11.8. The Morgan fingerprint density at radius 1 is 0.957 bits per heavy atom. The number of nitrogens with zero attached hydrogens (tertiary/aromatic N) is 1. The number of hydrogen-bond donors (Lipinski definition) is 1. The van der Waals surface area contributed by atoms with Gasteiger partial charge in [0.25, 0.3) is 0 Å². The monoisotopic (exact) mass is 310 g/mol. The highest BCUT2D eigenvalue weighted by atomic mass is 16.5. The fraction of sp³-hybridized carbons (Fsp3) is 0.450. The molecule has 1 N–H and O–H groups in total. The van der Waals surface area contributed by atoms with Gasteiger partial charge >= 0.3 is 0 Å². The fourth-order valence-electron chi connectivity index (χ4n) is 3.20. The van der Waals surface area contributed by atoms with Crippen LogP contribution in [0, 0.1) is 5.92 Å². The first kappa shape index (κ1) is 15.9. The van der Waals surface area contributed by atoms with Crippen LogP contribution in [0.4, 0.5) is 5.69 Å². The molecule has 1 aromatic heterocycles. The maximum absolute atomic E-state index is 5.90. The summed E-state index contributed by atoms with van der Waals surface area (Å²) in [7, 11) is 0. The summed E-state index contributed by atoms with van der Waals surface area (Å²) in [5, 5.41) is 3.39. The Balaban J connectivity index is 1.40. The molecule has 122 valence electrons. The number of anilines is 1. The number of ether oxygens (including phenoxy) is 1. The van der Waals surface area contributed by atoms with E-state index in [1.807, 2.05) is 12.1 Å². The van der Waals surface area contributed by atoms with Gasteiger partial charge in [-0.3, -0.25) is 4.98 Å². The Hall–Kier alpha value is -2.03. The molecule has 23 heavy (non-hydrogen) atoms. The maximum Gasteiger partial charge on any atom is 0.119 e. The molecule has 1 saturated carbocycles. The SMILES string of the molecule is c1cc(NCc2ccc(OCCC3CCCCC3)cc2)ccn1. The molecule has 3 rings (SSSR count). The van der Waals surface area contributed by atoms with E-state index >= 15 is 0 Å². The first-order chi connectivity index (χ1) is 11.4. The lowest BCUT2D eigenvalue weighted by Crippen LogP contribution is -2.10. The zero-order valence-electron chi connectivity index (χ0n) is 13.7. The van der Waals surface area contributed by atoms with E-state index in [2.05, 4.69) is 34.6 Å². The normalized spacial score (nSPS) is 15.3. The van der Waals surface area contributed by atoms with Crippen molar-refractivity contribution in [3.8, 4) is 5.75 Å². The number of hydrogen-bond acceptors (Lipinski definition) is 3. The highest BCUT2D eigenvalue weighted by Gasteiger charge is 2.12. The van der Waals surface area contributed by atoms with E-state index in [4.69, 9.17) is 4.74 Å². The second-order valence-corrected chi connectivity index (χ2v) is 6.37. The van der Waals surface area contributed by atoms with Crippen molar-refractivity contribution in [3.05, 3.63) is 54.4 Å². The molecule has 1 heterocycles. The Morgan fingerprint density at radius 2 is 1.70 bits per heavy atom. The van der Waals surface area contributed by atoms with Gasteiger partial charge in [0.1, 0.15) is 5.75 Å². The van der Waals surface area contributed by atoms with Gasteiger partial charge in [-0.15, -0.1) is 0 Å². The van der Waals surface area contributed by atoms with E-state index in [9.17, 15) is 0 Å². The van der Waals surface area contributed by atoms with E-state index in [0.29, 0.717) is 0 Å². The van der Waals surface area contributed by atoms with Gasteiger partial charge in [0.05, 0.1) is 6.61 Å². The van der Waals surface area contributed by atoms with Crippen molar-refractivity contribution in [1.82, 2.24) is 4.98 Å². The average Bonchev–Trinajstić information content (AvgIpc) is 2.63. The molecule has 0 spiro atoms. The zero-order chi connectivity index (χ0) is 15.7. The molecular weight excluding hydrogens is 284 g/mol. The molecule has 2 aromatic rings. The second kappa shape index (κ2) is 8.56. The Labute approximate surface area is 139 Å². The first-order valence-corrected chi connectivity index (χ1v) is 8.76.